The summed E-state index contributed by atoms with van der Waals surface area (Å²) in [4.78, 5) is 29.1. The van der Waals surface area contributed by atoms with Crippen molar-refractivity contribution in [2.24, 2.45) is 0 Å². The molecule has 0 atom stereocenters. The Hall–Kier alpha value is -5.82. The number of nitrogens with one attached hydrogen (secondary N) is 1. The molecule has 3 fully saturated rings. The zero-order valence-electron chi connectivity index (χ0n) is 29.2. The first-order chi connectivity index (χ1) is 25.5. The van der Waals surface area contributed by atoms with E-state index in [0.717, 1.165) is 16.7 Å². The molecule has 52 heavy (non-hydrogen) atoms. The second kappa shape index (κ2) is 16.9. The predicted molar refractivity (Wildman–Crippen MR) is 203 cm³/mol. The summed E-state index contributed by atoms with van der Waals surface area (Å²) in [5.74, 6) is -2.01. The minimum Gasteiger partial charge on any atom is -0.548 e. The van der Waals surface area contributed by atoms with Gasteiger partial charge in [0.2, 0.25) is 0 Å². The summed E-state index contributed by atoms with van der Waals surface area (Å²) < 4.78 is 0. The van der Waals surface area contributed by atoms with Gasteiger partial charge in [-0.3, -0.25) is 9.69 Å². The summed E-state index contributed by atoms with van der Waals surface area (Å²) >= 11 is 0. The fourth-order valence-corrected chi connectivity index (χ4v) is 7.51. The van der Waals surface area contributed by atoms with Crippen LogP contribution in [0.2, 0.25) is 0 Å². The monoisotopic (exact) mass is 688 g/mol. The molecule has 6 aromatic rings. The number of nitrogens with zero attached hydrogens (tertiary/aromatic N) is 1. The third-order valence-corrected chi connectivity index (χ3v) is 10.2. The molecule has 3 heterocycles. The fraction of sp³-hybridized carbons (Fsp3) is 0.174. The van der Waals surface area contributed by atoms with Crippen LogP contribution < -0.4 is 10.0 Å². The van der Waals surface area contributed by atoms with Crippen molar-refractivity contribution in [2.45, 2.75) is 10.8 Å². The molecule has 3 saturated heterocycles. The van der Waals surface area contributed by atoms with Crippen molar-refractivity contribution in [3.63, 3.8) is 0 Å². The molecular formula is C46H44N2O4. The molecule has 0 radical (unpaired) electrons. The lowest BCUT2D eigenvalue weighted by Gasteiger charge is -2.38. The average molecular weight is 689 g/mol. The van der Waals surface area contributed by atoms with Crippen LogP contribution in [0.25, 0.3) is 0 Å². The zero-order chi connectivity index (χ0) is 36.2. The number of hydrogen-bond donors (Lipinski definition) is 2. The minimum absolute atomic E-state index is 0.687. The Kier molecular flexibility index (Phi) is 11.7. The normalized spacial score (nSPS) is 16.3. The molecule has 2 N–H and O–H groups in total. The van der Waals surface area contributed by atoms with Crippen molar-refractivity contribution in [1.29, 1.82) is 0 Å². The molecule has 2 bridgehead atoms. The largest absolute Gasteiger partial charge is 0.548 e. The number of carbonyl (C=O) groups is 2. The molecule has 0 saturated carbocycles. The summed E-state index contributed by atoms with van der Waals surface area (Å²) in [5.41, 5.74) is 1.79. The molecule has 6 heteroatoms. The second-order valence-electron chi connectivity index (χ2n) is 13.1. The van der Waals surface area contributed by atoms with E-state index in [1.165, 1.54) is 39.3 Å². The number of hydrogen-bond acceptors (Lipinski definition) is 4. The van der Waals surface area contributed by atoms with E-state index in [4.69, 9.17) is 0 Å². The van der Waals surface area contributed by atoms with Crippen LogP contribution in [0.4, 0.5) is 0 Å². The molecule has 3 aliphatic rings. The topological polar surface area (TPSA) is 85.1 Å². The first-order valence-electron chi connectivity index (χ1n) is 17.8. The minimum atomic E-state index is -1.32. The predicted octanol–water partition coefficient (Wildman–Crippen LogP) is 5.08. The van der Waals surface area contributed by atoms with Gasteiger partial charge >= 0.3 is 5.97 Å². The van der Waals surface area contributed by atoms with E-state index in [-0.39, 0.29) is 0 Å². The molecule has 6 aromatic carbocycles. The summed E-state index contributed by atoms with van der Waals surface area (Å²) in [6, 6.07) is 55.8. The van der Waals surface area contributed by atoms with Crippen molar-refractivity contribution in [3.8, 4) is 0 Å². The SMILES string of the molecule is C1C[NH+]2CCN1CC2.O=C(O)C(c1ccccc1)(c1ccccc1)c1ccccc1.O=C([O-])C(c1ccccc1)(c1ccccc1)c1ccccc1. The summed E-state index contributed by atoms with van der Waals surface area (Å²) in [6.07, 6.45) is 0. The summed E-state index contributed by atoms with van der Waals surface area (Å²) in [6.45, 7) is 8.28. The number of benzene rings is 6. The van der Waals surface area contributed by atoms with E-state index >= 15 is 0 Å². The van der Waals surface area contributed by atoms with Crippen LogP contribution in [0.3, 0.4) is 0 Å². The highest BCUT2D eigenvalue weighted by atomic mass is 16.4. The van der Waals surface area contributed by atoms with Gasteiger partial charge in [-0.1, -0.05) is 182 Å². The van der Waals surface area contributed by atoms with Gasteiger partial charge < -0.3 is 19.9 Å². The maximum Gasteiger partial charge on any atom is 0.323 e. The second-order valence-corrected chi connectivity index (χ2v) is 13.1. The number of fused-ring (bicyclic) bond motifs is 3. The molecule has 6 nitrogen and oxygen atoms in total. The smallest absolute Gasteiger partial charge is 0.323 e. The van der Waals surface area contributed by atoms with Crippen LogP contribution in [0.1, 0.15) is 33.4 Å². The Morgan fingerprint density at radius 1 is 0.442 bits per heavy atom. The van der Waals surface area contributed by atoms with Crippen LogP contribution >= 0.6 is 0 Å². The van der Waals surface area contributed by atoms with Gasteiger partial charge in [0.1, 0.15) is 5.41 Å². The number of carbonyl (C=O) groups excluding carboxylic acids is 1. The highest BCUT2D eigenvalue weighted by molar-refractivity contribution is 5.91. The number of quaternary nitrogens is 1. The van der Waals surface area contributed by atoms with Gasteiger partial charge in [0, 0.05) is 19.6 Å². The standard InChI is InChI=1S/2C20H16O2.C6H12N2/c2*21-19(22)20(16-10-4-1-5-11-16,17-12-6-2-7-13-17)18-14-8-3-9-15-18;1-2-8-5-3-7(1)4-6-8/h2*1-15H,(H,21,22);1-6H2. The average Bonchev–Trinajstić information content (AvgIpc) is 3.22. The third kappa shape index (κ3) is 7.45. The first kappa shape index (κ1) is 36.0. The van der Waals surface area contributed by atoms with Crippen molar-refractivity contribution < 1.29 is 24.7 Å². The third-order valence-electron chi connectivity index (χ3n) is 10.2. The van der Waals surface area contributed by atoms with E-state index in [1.807, 2.05) is 187 Å². The molecule has 262 valence electrons. The Labute approximate surface area is 306 Å². The van der Waals surface area contributed by atoms with Crippen molar-refractivity contribution in [1.82, 2.24) is 4.90 Å². The summed E-state index contributed by atoms with van der Waals surface area (Å²) in [7, 11) is 0. The quantitative estimate of drug-likeness (QED) is 0.218. The lowest BCUT2D eigenvalue weighted by atomic mass is 9.69. The maximum atomic E-state index is 12.4. The van der Waals surface area contributed by atoms with Gasteiger partial charge in [-0.25, -0.2) is 0 Å². The van der Waals surface area contributed by atoms with Crippen LogP contribution in [-0.4, -0.2) is 61.2 Å². The molecule has 0 spiro atoms. The van der Waals surface area contributed by atoms with Crippen molar-refractivity contribution >= 4 is 11.9 Å². The van der Waals surface area contributed by atoms with Gasteiger partial charge in [-0.2, -0.15) is 0 Å². The molecule has 0 amide bonds. The van der Waals surface area contributed by atoms with Gasteiger partial charge in [0.25, 0.3) is 0 Å². The van der Waals surface area contributed by atoms with E-state index in [9.17, 15) is 19.8 Å². The Bertz CT molecular complexity index is 1630. The fourth-order valence-electron chi connectivity index (χ4n) is 7.51. The Morgan fingerprint density at radius 2 is 0.673 bits per heavy atom. The van der Waals surface area contributed by atoms with Crippen LogP contribution in [-0.2, 0) is 20.4 Å². The lowest BCUT2D eigenvalue weighted by molar-refractivity contribution is -0.914. The molecule has 0 aliphatic carbocycles. The van der Waals surface area contributed by atoms with Crippen LogP contribution in [0, 0.1) is 0 Å². The molecule has 9 rings (SSSR count). The molecule has 3 aliphatic heterocycles. The van der Waals surface area contributed by atoms with Gasteiger partial charge in [-0.15, -0.1) is 0 Å². The Morgan fingerprint density at radius 3 is 0.827 bits per heavy atom. The number of aliphatic carboxylic acids is 2. The highest BCUT2D eigenvalue weighted by Gasteiger charge is 2.44. The van der Waals surface area contributed by atoms with Crippen molar-refractivity contribution in [3.05, 3.63) is 215 Å². The van der Waals surface area contributed by atoms with Crippen molar-refractivity contribution in [2.75, 3.05) is 39.3 Å². The molecule has 0 aromatic heterocycles. The number of carboxylic acids is 2. The van der Waals surface area contributed by atoms with Gasteiger partial charge in [-0.05, 0) is 33.4 Å². The summed E-state index contributed by atoms with van der Waals surface area (Å²) in [5, 5.41) is 22.5. The highest BCUT2D eigenvalue weighted by Crippen LogP contribution is 2.40. The van der Waals surface area contributed by atoms with E-state index < -0.39 is 22.8 Å². The molecular weight excluding hydrogens is 645 g/mol. The first-order valence-corrected chi connectivity index (χ1v) is 17.8. The molecule has 0 unspecified atom stereocenters. The zero-order valence-corrected chi connectivity index (χ0v) is 29.2. The Balaban J connectivity index is 0.000000147. The van der Waals surface area contributed by atoms with Gasteiger partial charge in [0.05, 0.1) is 31.0 Å². The number of piperazine rings is 3. The number of rotatable bonds is 8. The lowest BCUT2D eigenvalue weighted by Crippen LogP contribution is -3.17. The van der Waals surface area contributed by atoms with Crippen LogP contribution in [0.5, 0.6) is 0 Å². The van der Waals surface area contributed by atoms with Crippen LogP contribution in [0.15, 0.2) is 182 Å². The van der Waals surface area contributed by atoms with E-state index in [1.54, 1.807) is 0 Å². The van der Waals surface area contributed by atoms with E-state index in [2.05, 4.69) is 4.90 Å². The maximum absolute atomic E-state index is 12.4. The van der Waals surface area contributed by atoms with Gasteiger partial charge in [0.15, 0.2) is 0 Å². The number of carboxylic acid groups (broad SMARTS) is 2. The van der Waals surface area contributed by atoms with E-state index in [0.29, 0.717) is 16.7 Å².